The second-order valence-corrected chi connectivity index (χ2v) is 11.3. The topological polar surface area (TPSA) is 18.5 Å². The lowest BCUT2D eigenvalue weighted by Gasteiger charge is -2.31. The summed E-state index contributed by atoms with van der Waals surface area (Å²) in [5, 5.41) is 2.38. The molecular weight excluding hydrogens is 432 g/mol. The van der Waals surface area contributed by atoms with Gasteiger partial charge in [-0.25, -0.2) is 0 Å². The van der Waals surface area contributed by atoms with Crippen LogP contribution in [0.3, 0.4) is 0 Å². The van der Waals surface area contributed by atoms with E-state index in [0.717, 1.165) is 17.7 Å². The Bertz CT molecular complexity index is 1130. The van der Waals surface area contributed by atoms with Gasteiger partial charge in [0.15, 0.2) is 0 Å². The smallest absolute Gasteiger partial charge is 0.339 e. The van der Waals surface area contributed by atoms with E-state index in [1.54, 1.807) is 0 Å². The molecule has 0 aliphatic carbocycles. The second kappa shape index (κ2) is 12.0. The number of hydrogen-bond donors (Lipinski definition) is 0. The van der Waals surface area contributed by atoms with Gasteiger partial charge >= 0.3 is 8.32 Å². The van der Waals surface area contributed by atoms with Crippen LogP contribution in [-0.2, 0) is 11.3 Å². The van der Waals surface area contributed by atoms with Crippen LogP contribution in [0.4, 0.5) is 0 Å². The van der Waals surface area contributed by atoms with Crippen LogP contribution in [0, 0.1) is 0 Å². The molecule has 0 unspecified atom stereocenters. The number of ether oxygens (including phenoxy) is 1. The van der Waals surface area contributed by atoms with Crippen LogP contribution < -0.4 is 14.8 Å². The summed E-state index contributed by atoms with van der Waals surface area (Å²) in [6.45, 7) is 5.10. The van der Waals surface area contributed by atoms with Crippen molar-refractivity contribution in [2.24, 2.45) is 0 Å². The molecule has 0 atom stereocenters. The molecule has 3 heteroatoms. The molecule has 2 nitrogen and oxygen atoms in total. The molecule has 0 aliphatic heterocycles. The number of para-hydroxylation sites is 1. The molecule has 4 rings (SSSR count). The van der Waals surface area contributed by atoms with Crippen molar-refractivity contribution in [1.82, 2.24) is 0 Å². The van der Waals surface area contributed by atoms with Crippen LogP contribution in [0.5, 0.6) is 5.75 Å². The molecule has 4 aromatic carbocycles. The van der Waals surface area contributed by atoms with Gasteiger partial charge in [0.05, 0.1) is 13.2 Å². The molecule has 0 radical (unpaired) electrons. The zero-order valence-electron chi connectivity index (χ0n) is 19.3. The summed E-state index contributed by atoms with van der Waals surface area (Å²) in [5.74, 6) is 0.862. The Morgan fingerprint density at radius 2 is 1.18 bits per heavy atom. The van der Waals surface area contributed by atoms with E-state index in [1.807, 2.05) is 66.7 Å². The minimum atomic E-state index is -2.81. The van der Waals surface area contributed by atoms with Crippen molar-refractivity contribution >= 4 is 18.7 Å². The van der Waals surface area contributed by atoms with Gasteiger partial charge in [0, 0.05) is 0 Å². The minimum Gasteiger partial charge on any atom is -0.531 e. The Kier molecular flexibility index (Phi) is 8.28. The van der Waals surface area contributed by atoms with Gasteiger partial charge in [-0.2, -0.15) is 0 Å². The van der Waals surface area contributed by atoms with E-state index in [2.05, 4.69) is 72.9 Å². The first-order valence-corrected chi connectivity index (χ1v) is 13.6. The Balaban J connectivity index is 1.77. The Morgan fingerprint density at radius 1 is 0.676 bits per heavy atom. The van der Waals surface area contributed by atoms with Crippen LogP contribution in [0.1, 0.15) is 12.0 Å². The summed E-state index contributed by atoms with van der Waals surface area (Å²) in [6.07, 6.45) is 2.68. The molecule has 0 aliphatic rings. The Labute approximate surface area is 204 Å². The van der Waals surface area contributed by atoms with Gasteiger partial charge in [-0.05, 0) is 45.8 Å². The molecule has 0 saturated carbocycles. The fraction of sp³-hybridized carbons (Fsp3) is 0.0968. The maximum atomic E-state index is 6.99. The summed E-state index contributed by atoms with van der Waals surface area (Å²) < 4.78 is 13.1. The van der Waals surface area contributed by atoms with Gasteiger partial charge in [-0.15, -0.1) is 6.58 Å². The Morgan fingerprint density at radius 3 is 1.71 bits per heavy atom. The standard InChI is InChI=1S/C31H30O2Si/c1-2-15-28(25-32-24-27-16-7-3-8-17-27)26-34(30-20-11-5-12-21-30,31-22-13-6-14-23-31)33-29-18-9-4-10-19-29/h2-14,16-23,26H,1,15,24-25H2/b28-26+. The predicted molar refractivity (Wildman–Crippen MR) is 144 cm³/mol. The molecule has 0 fully saturated rings. The zero-order chi connectivity index (χ0) is 23.5. The number of benzene rings is 4. The highest BCUT2D eigenvalue weighted by Gasteiger charge is 2.40. The van der Waals surface area contributed by atoms with Crippen molar-refractivity contribution < 1.29 is 9.16 Å². The third-order valence-electron chi connectivity index (χ3n) is 5.64. The highest BCUT2D eigenvalue weighted by atomic mass is 28.4. The van der Waals surface area contributed by atoms with Crippen LogP contribution in [0.2, 0.25) is 0 Å². The number of rotatable bonds is 11. The van der Waals surface area contributed by atoms with E-state index in [0.29, 0.717) is 13.2 Å². The van der Waals surface area contributed by atoms with E-state index >= 15 is 0 Å². The van der Waals surface area contributed by atoms with Crippen molar-refractivity contribution in [2.75, 3.05) is 6.61 Å². The number of hydrogen-bond acceptors (Lipinski definition) is 2. The molecule has 0 spiro atoms. The average molecular weight is 463 g/mol. The second-order valence-electron chi connectivity index (χ2n) is 8.16. The van der Waals surface area contributed by atoms with E-state index in [-0.39, 0.29) is 0 Å². The van der Waals surface area contributed by atoms with E-state index in [4.69, 9.17) is 9.16 Å². The molecular formula is C31H30O2Si. The van der Waals surface area contributed by atoms with Gasteiger partial charge in [0.2, 0.25) is 0 Å². The van der Waals surface area contributed by atoms with Crippen molar-refractivity contribution in [1.29, 1.82) is 0 Å². The molecule has 4 aromatic rings. The van der Waals surface area contributed by atoms with Crippen molar-refractivity contribution in [2.45, 2.75) is 13.0 Å². The lowest BCUT2D eigenvalue weighted by molar-refractivity contribution is 0.141. The van der Waals surface area contributed by atoms with E-state index in [1.165, 1.54) is 15.9 Å². The fourth-order valence-corrected chi connectivity index (χ4v) is 7.65. The molecule has 170 valence electrons. The van der Waals surface area contributed by atoms with Gasteiger partial charge in [0.25, 0.3) is 0 Å². The summed E-state index contributed by atoms with van der Waals surface area (Å²) in [6, 6.07) is 41.5. The monoisotopic (exact) mass is 462 g/mol. The summed E-state index contributed by atoms with van der Waals surface area (Å²) in [4.78, 5) is 0. The van der Waals surface area contributed by atoms with Crippen LogP contribution in [-0.4, -0.2) is 14.9 Å². The van der Waals surface area contributed by atoms with Gasteiger partial charge in [-0.1, -0.05) is 115 Å². The maximum absolute atomic E-state index is 6.99. The largest absolute Gasteiger partial charge is 0.531 e. The first kappa shape index (κ1) is 23.5. The average Bonchev–Trinajstić information content (AvgIpc) is 2.90. The Hall–Kier alpha value is -3.66. The molecule has 0 aromatic heterocycles. The van der Waals surface area contributed by atoms with Gasteiger partial charge < -0.3 is 9.16 Å². The summed E-state index contributed by atoms with van der Waals surface area (Å²) in [7, 11) is -2.81. The lowest BCUT2D eigenvalue weighted by atomic mass is 10.2. The molecule has 0 N–H and O–H groups in total. The van der Waals surface area contributed by atoms with Crippen LogP contribution >= 0.6 is 0 Å². The van der Waals surface area contributed by atoms with Crippen LogP contribution in [0.15, 0.2) is 145 Å². The third-order valence-corrected chi connectivity index (χ3v) is 9.39. The molecule has 0 heterocycles. The van der Waals surface area contributed by atoms with E-state index in [9.17, 15) is 0 Å². The predicted octanol–water partition coefficient (Wildman–Crippen LogP) is 6.08. The minimum absolute atomic E-state index is 0.521. The van der Waals surface area contributed by atoms with Crippen molar-refractivity contribution in [3.8, 4) is 5.75 Å². The van der Waals surface area contributed by atoms with Gasteiger partial charge in [-0.3, -0.25) is 0 Å². The quantitative estimate of drug-likeness (QED) is 0.199. The molecule has 0 saturated heterocycles. The highest BCUT2D eigenvalue weighted by Crippen LogP contribution is 2.20. The van der Waals surface area contributed by atoms with Gasteiger partial charge in [0.1, 0.15) is 5.75 Å². The van der Waals surface area contributed by atoms with E-state index < -0.39 is 8.32 Å². The number of allylic oxidation sites excluding steroid dienone is 1. The summed E-state index contributed by atoms with van der Waals surface area (Å²) in [5.41, 5.74) is 4.68. The summed E-state index contributed by atoms with van der Waals surface area (Å²) >= 11 is 0. The highest BCUT2D eigenvalue weighted by molar-refractivity contribution is 7.01. The normalized spacial score (nSPS) is 11.7. The molecule has 34 heavy (non-hydrogen) atoms. The lowest BCUT2D eigenvalue weighted by Crippen LogP contribution is -2.62. The van der Waals surface area contributed by atoms with Crippen LogP contribution in [0.25, 0.3) is 0 Å². The molecule has 0 amide bonds. The fourth-order valence-electron chi connectivity index (χ4n) is 4.03. The zero-order valence-corrected chi connectivity index (χ0v) is 20.3. The molecule has 0 bridgehead atoms. The maximum Gasteiger partial charge on any atom is 0.339 e. The first-order chi connectivity index (χ1) is 16.8. The third kappa shape index (κ3) is 6.01. The van der Waals surface area contributed by atoms with Crippen molar-refractivity contribution in [3.05, 3.63) is 151 Å². The SMILES string of the molecule is C=CC/C(=C\[Si](Oc1ccccc1)(c1ccccc1)c1ccccc1)COCc1ccccc1. The first-order valence-electron chi connectivity index (χ1n) is 11.6. The van der Waals surface area contributed by atoms with Crippen molar-refractivity contribution in [3.63, 3.8) is 0 Å².